The quantitative estimate of drug-likeness (QED) is 0.663. The van der Waals surface area contributed by atoms with Gasteiger partial charge in [0.1, 0.15) is 12.2 Å². The molecule has 1 N–H and O–H groups in total. The number of hydrogen-bond donors (Lipinski definition) is 1. The Morgan fingerprint density at radius 2 is 1.89 bits per heavy atom. The molecule has 19 heavy (non-hydrogen) atoms. The van der Waals surface area contributed by atoms with Crippen LogP contribution in [0, 0.1) is 0 Å². The first-order valence-electron chi connectivity index (χ1n) is 5.92. The lowest BCUT2D eigenvalue weighted by molar-refractivity contribution is 0.0433. The third-order valence-electron chi connectivity index (χ3n) is 1.92. The monoisotopic (exact) mass is 266 g/mol. The van der Waals surface area contributed by atoms with Crippen LogP contribution in [0.3, 0.4) is 0 Å². The summed E-state index contributed by atoms with van der Waals surface area (Å²) in [7, 11) is 0. The molecular weight excluding hydrogens is 248 g/mol. The van der Waals surface area contributed by atoms with Gasteiger partial charge in [0.25, 0.3) is 0 Å². The molecule has 0 aliphatic rings. The van der Waals surface area contributed by atoms with Crippen LogP contribution in [-0.4, -0.2) is 35.8 Å². The fourth-order valence-electron chi connectivity index (χ4n) is 1.18. The number of esters is 1. The van der Waals surface area contributed by atoms with Crippen LogP contribution in [0.15, 0.2) is 24.5 Å². The molecule has 0 fully saturated rings. The van der Waals surface area contributed by atoms with Crippen LogP contribution in [0.1, 0.15) is 31.1 Å². The highest BCUT2D eigenvalue weighted by Gasteiger charge is 2.15. The number of rotatable bonds is 4. The lowest BCUT2D eigenvalue weighted by atomic mass is 10.2. The molecule has 104 valence electrons. The lowest BCUT2D eigenvalue weighted by Gasteiger charge is -2.19. The van der Waals surface area contributed by atoms with E-state index in [9.17, 15) is 9.59 Å². The Hall–Kier alpha value is -2.11. The Morgan fingerprint density at radius 3 is 2.47 bits per heavy atom. The maximum atomic E-state index is 11.5. The normalized spacial score (nSPS) is 10.7. The number of alkyl carbamates (subject to hydrolysis) is 1. The summed E-state index contributed by atoms with van der Waals surface area (Å²) in [6.45, 7) is 5.61. The maximum absolute atomic E-state index is 11.5. The number of hydrogen-bond acceptors (Lipinski definition) is 5. The number of nitrogens with one attached hydrogen (secondary N) is 1. The molecule has 1 heterocycles. The molecule has 1 aromatic rings. The van der Waals surface area contributed by atoms with Gasteiger partial charge in [0.05, 0.1) is 12.1 Å². The molecule has 0 radical (unpaired) electrons. The van der Waals surface area contributed by atoms with E-state index in [1.807, 2.05) is 0 Å². The van der Waals surface area contributed by atoms with E-state index < -0.39 is 17.7 Å². The van der Waals surface area contributed by atoms with Gasteiger partial charge < -0.3 is 14.8 Å². The molecule has 0 aromatic carbocycles. The van der Waals surface area contributed by atoms with Crippen molar-refractivity contribution in [2.75, 3.05) is 13.2 Å². The second-order valence-corrected chi connectivity index (χ2v) is 4.80. The maximum Gasteiger partial charge on any atom is 0.407 e. The summed E-state index contributed by atoms with van der Waals surface area (Å²) >= 11 is 0. The first-order valence-corrected chi connectivity index (χ1v) is 5.92. The molecule has 0 aliphatic carbocycles. The first kappa shape index (κ1) is 14.9. The van der Waals surface area contributed by atoms with Crippen LogP contribution in [0.25, 0.3) is 0 Å². The molecule has 0 saturated heterocycles. The van der Waals surface area contributed by atoms with Crippen molar-refractivity contribution in [2.24, 2.45) is 0 Å². The van der Waals surface area contributed by atoms with Crippen molar-refractivity contribution in [1.82, 2.24) is 10.3 Å². The highest BCUT2D eigenvalue weighted by Crippen LogP contribution is 2.06. The summed E-state index contributed by atoms with van der Waals surface area (Å²) in [5, 5.41) is 2.50. The van der Waals surface area contributed by atoms with Crippen molar-refractivity contribution >= 4 is 12.1 Å². The number of carbonyl (C=O) groups excluding carboxylic acids is 2. The number of amides is 1. The zero-order valence-corrected chi connectivity index (χ0v) is 11.3. The predicted octanol–water partition coefficient (Wildman–Crippen LogP) is 1.76. The zero-order valence-electron chi connectivity index (χ0n) is 11.3. The molecular formula is C13H18N2O4. The van der Waals surface area contributed by atoms with Gasteiger partial charge in [-0.2, -0.15) is 0 Å². The first-order chi connectivity index (χ1) is 8.88. The van der Waals surface area contributed by atoms with Crippen molar-refractivity contribution < 1.29 is 19.1 Å². The van der Waals surface area contributed by atoms with E-state index in [4.69, 9.17) is 9.47 Å². The predicted molar refractivity (Wildman–Crippen MR) is 68.8 cm³/mol. The number of pyridine rings is 1. The van der Waals surface area contributed by atoms with Crippen LogP contribution in [0.5, 0.6) is 0 Å². The smallest absolute Gasteiger partial charge is 0.407 e. The van der Waals surface area contributed by atoms with Crippen LogP contribution in [-0.2, 0) is 9.47 Å². The second kappa shape index (κ2) is 6.72. The highest BCUT2D eigenvalue weighted by molar-refractivity contribution is 5.89. The fraction of sp³-hybridized carbons (Fsp3) is 0.462. The average Bonchev–Trinajstić information content (AvgIpc) is 2.33. The molecule has 0 unspecified atom stereocenters. The van der Waals surface area contributed by atoms with E-state index in [1.54, 1.807) is 32.9 Å². The van der Waals surface area contributed by atoms with Gasteiger partial charge in [-0.15, -0.1) is 0 Å². The summed E-state index contributed by atoms with van der Waals surface area (Å²) in [5.74, 6) is -0.451. The van der Waals surface area contributed by atoms with Gasteiger partial charge in [0.15, 0.2) is 0 Å². The fourth-order valence-corrected chi connectivity index (χ4v) is 1.18. The molecule has 1 rings (SSSR count). The standard InChI is InChI=1S/C13H18N2O4/c1-13(2,3)19-12(17)15-8-9-18-11(16)10-4-6-14-7-5-10/h4-7H,8-9H2,1-3H3,(H,15,17). The Bertz CT molecular complexity index is 426. The van der Waals surface area contributed by atoms with E-state index in [1.165, 1.54) is 12.4 Å². The van der Waals surface area contributed by atoms with E-state index in [0.29, 0.717) is 5.56 Å². The Labute approximate surface area is 112 Å². The van der Waals surface area contributed by atoms with Crippen LogP contribution in [0.2, 0.25) is 0 Å². The van der Waals surface area contributed by atoms with Gasteiger partial charge in [-0.3, -0.25) is 4.98 Å². The zero-order chi connectivity index (χ0) is 14.3. The summed E-state index contributed by atoms with van der Waals surface area (Å²) in [6.07, 6.45) is 2.48. The van der Waals surface area contributed by atoms with Crippen molar-refractivity contribution in [1.29, 1.82) is 0 Å². The SMILES string of the molecule is CC(C)(C)OC(=O)NCCOC(=O)c1ccncc1. The molecule has 1 amide bonds. The molecule has 0 saturated carbocycles. The molecule has 0 atom stereocenters. The van der Waals surface area contributed by atoms with Crippen LogP contribution < -0.4 is 5.32 Å². The third-order valence-corrected chi connectivity index (χ3v) is 1.92. The Balaban J connectivity index is 2.21. The van der Waals surface area contributed by atoms with Crippen molar-refractivity contribution in [2.45, 2.75) is 26.4 Å². The Kier molecular flexibility index (Phi) is 5.29. The lowest BCUT2D eigenvalue weighted by Crippen LogP contribution is -2.34. The summed E-state index contributed by atoms with van der Waals surface area (Å²) in [6, 6.07) is 3.12. The Morgan fingerprint density at radius 1 is 1.26 bits per heavy atom. The second-order valence-electron chi connectivity index (χ2n) is 4.80. The number of carbonyl (C=O) groups is 2. The summed E-state index contributed by atoms with van der Waals surface area (Å²) < 4.78 is 10.0. The average molecular weight is 266 g/mol. The van der Waals surface area contributed by atoms with E-state index in [-0.39, 0.29) is 13.2 Å². The molecule has 0 bridgehead atoms. The van der Waals surface area contributed by atoms with E-state index >= 15 is 0 Å². The van der Waals surface area contributed by atoms with E-state index in [0.717, 1.165) is 0 Å². The van der Waals surface area contributed by atoms with Gasteiger partial charge in [-0.1, -0.05) is 0 Å². The molecule has 6 nitrogen and oxygen atoms in total. The summed E-state index contributed by atoms with van der Waals surface area (Å²) in [5.41, 5.74) is -0.120. The van der Waals surface area contributed by atoms with Gasteiger partial charge in [-0.25, -0.2) is 9.59 Å². The van der Waals surface area contributed by atoms with E-state index in [2.05, 4.69) is 10.3 Å². The van der Waals surface area contributed by atoms with Crippen molar-refractivity contribution in [3.63, 3.8) is 0 Å². The molecule has 0 aliphatic heterocycles. The topological polar surface area (TPSA) is 77.5 Å². The van der Waals surface area contributed by atoms with Gasteiger partial charge in [-0.05, 0) is 32.9 Å². The minimum Gasteiger partial charge on any atom is -0.460 e. The van der Waals surface area contributed by atoms with Crippen molar-refractivity contribution in [3.05, 3.63) is 30.1 Å². The highest BCUT2D eigenvalue weighted by atomic mass is 16.6. The van der Waals surface area contributed by atoms with Crippen LogP contribution in [0.4, 0.5) is 4.79 Å². The molecule has 0 spiro atoms. The third kappa shape index (κ3) is 6.40. The van der Waals surface area contributed by atoms with Gasteiger partial charge in [0.2, 0.25) is 0 Å². The minimum atomic E-state index is -0.544. The number of aromatic nitrogens is 1. The number of nitrogens with zero attached hydrogens (tertiary/aromatic N) is 1. The van der Waals surface area contributed by atoms with Gasteiger partial charge in [0, 0.05) is 12.4 Å². The minimum absolute atomic E-state index is 0.0837. The summed E-state index contributed by atoms with van der Waals surface area (Å²) in [4.78, 5) is 26.6. The molecule has 6 heteroatoms. The number of ether oxygens (including phenoxy) is 2. The largest absolute Gasteiger partial charge is 0.460 e. The molecule has 1 aromatic heterocycles. The van der Waals surface area contributed by atoms with Crippen molar-refractivity contribution in [3.8, 4) is 0 Å². The van der Waals surface area contributed by atoms with Gasteiger partial charge >= 0.3 is 12.1 Å². The van der Waals surface area contributed by atoms with Crippen LogP contribution >= 0.6 is 0 Å².